The van der Waals surface area contributed by atoms with Gasteiger partial charge in [0.25, 0.3) is 0 Å². The molecule has 1 aromatic heterocycles. The van der Waals surface area contributed by atoms with E-state index in [1.54, 1.807) is 11.3 Å². The molecule has 1 fully saturated rings. The average Bonchev–Trinajstić information content (AvgIpc) is 2.76. The predicted octanol–water partition coefficient (Wildman–Crippen LogP) is 1.30. The highest BCUT2D eigenvalue weighted by atomic mass is 32.1. The monoisotopic (exact) mass is 255 g/mol. The largest absolute Gasteiger partial charge is 0.381 e. The normalized spacial score (nSPS) is 19.4. The molecule has 0 spiro atoms. The molecular formula is C12H21N3OS. The van der Waals surface area contributed by atoms with Gasteiger partial charge >= 0.3 is 0 Å². The number of thiazole rings is 1. The van der Waals surface area contributed by atoms with Gasteiger partial charge in [-0.2, -0.15) is 0 Å². The van der Waals surface area contributed by atoms with Crippen molar-refractivity contribution in [1.29, 1.82) is 0 Å². The highest BCUT2D eigenvalue weighted by Crippen LogP contribution is 2.28. The van der Waals surface area contributed by atoms with Crippen LogP contribution in [0.25, 0.3) is 0 Å². The lowest BCUT2D eigenvalue weighted by molar-refractivity contribution is 0.0191. The van der Waals surface area contributed by atoms with E-state index in [0.29, 0.717) is 0 Å². The Morgan fingerprint density at radius 3 is 2.88 bits per heavy atom. The summed E-state index contributed by atoms with van der Waals surface area (Å²) in [5, 5.41) is 6.72. The second-order valence-electron chi connectivity index (χ2n) is 4.78. The van der Waals surface area contributed by atoms with Crippen LogP contribution in [0, 0.1) is 12.3 Å². The van der Waals surface area contributed by atoms with Crippen LogP contribution in [-0.2, 0) is 11.3 Å². The Morgan fingerprint density at radius 1 is 1.53 bits per heavy atom. The Labute approximate surface area is 107 Å². The summed E-state index contributed by atoms with van der Waals surface area (Å²) in [5.74, 6) is 0. The van der Waals surface area contributed by atoms with Crippen molar-refractivity contribution in [3.63, 3.8) is 0 Å². The second kappa shape index (κ2) is 5.91. The van der Waals surface area contributed by atoms with Gasteiger partial charge in [0.05, 0.1) is 10.7 Å². The minimum absolute atomic E-state index is 0.226. The van der Waals surface area contributed by atoms with Gasteiger partial charge < -0.3 is 15.8 Å². The molecular weight excluding hydrogens is 234 g/mol. The number of rotatable bonds is 5. The van der Waals surface area contributed by atoms with Crippen LogP contribution in [0.2, 0.25) is 0 Å². The van der Waals surface area contributed by atoms with Gasteiger partial charge in [-0.15, -0.1) is 11.3 Å². The number of hydrogen-bond donors (Lipinski definition) is 2. The smallest absolute Gasteiger partial charge is 0.0897 e. The summed E-state index contributed by atoms with van der Waals surface area (Å²) in [6.07, 6.45) is 2.12. The number of nitrogens with one attached hydrogen (secondary N) is 1. The molecule has 5 heteroatoms. The maximum absolute atomic E-state index is 5.91. The summed E-state index contributed by atoms with van der Waals surface area (Å²) in [5.41, 5.74) is 7.27. The SMILES string of the molecule is Cc1nc(CNCC2(CN)CCOCC2)cs1. The first-order chi connectivity index (χ1) is 8.24. The van der Waals surface area contributed by atoms with Crippen LogP contribution < -0.4 is 11.1 Å². The molecule has 0 radical (unpaired) electrons. The van der Waals surface area contributed by atoms with Crippen LogP contribution in [0.15, 0.2) is 5.38 Å². The number of hydrogen-bond acceptors (Lipinski definition) is 5. The fraction of sp³-hybridized carbons (Fsp3) is 0.750. The molecule has 17 heavy (non-hydrogen) atoms. The zero-order valence-electron chi connectivity index (χ0n) is 10.4. The van der Waals surface area contributed by atoms with Crippen molar-refractivity contribution < 1.29 is 4.74 Å². The first-order valence-corrected chi connectivity index (χ1v) is 7.02. The molecule has 4 nitrogen and oxygen atoms in total. The number of nitrogens with zero attached hydrogens (tertiary/aromatic N) is 1. The number of aryl methyl sites for hydroxylation is 1. The van der Waals surface area contributed by atoms with Crippen LogP contribution >= 0.6 is 11.3 Å². The van der Waals surface area contributed by atoms with E-state index in [0.717, 1.165) is 56.4 Å². The molecule has 0 unspecified atom stereocenters. The van der Waals surface area contributed by atoms with Gasteiger partial charge in [-0.3, -0.25) is 0 Å². The van der Waals surface area contributed by atoms with Crippen LogP contribution in [0.4, 0.5) is 0 Å². The van der Waals surface area contributed by atoms with Crippen LogP contribution in [0.5, 0.6) is 0 Å². The summed E-state index contributed by atoms with van der Waals surface area (Å²) in [4.78, 5) is 4.44. The molecule has 1 aromatic rings. The van der Waals surface area contributed by atoms with Crippen molar-refractivity contribution in [3.05, 3.63) is 16.1 Å². The lowest BCUT2D eigenvalue weighted by Gasteiger charge is -2.36. The minimum Gasteiger partial charge on any atom is -0.381 e. The Balaban J connectivity index is 1.79. The number of aromatic nitrogens is 1. The van der Waals surface area contributed by atoms with Gasteiger partial charge in [-0.25, -0.2) is 4.98 Å². The van der Waals surface area contributed by atoms with Crippen molar-refractivity contribution in [2.45, 2.75) is 26.3 Å². The third-order valence-electron chi connectivity index (χ3n) is 3.46. The molecule has 2 rings (SSSR count). The van der Waals surface area contributed by atoms with E-state index in [-0.39, 0.29) is 5.41 Å². The first-order valence-electron chi connectivity index (χ1n) is 6.14. The van der Waals surface area contributed by atoms with E-state index in [2.05, 4.69) is 15.7 Å². The van der Waals surface area contributed by atoms with E-state index in [1.165, 1.54) is 0 Å². The summed E-state index contributed by atoms with van der Waals surface area (Å²) in [6.45, 7) is 6.26. The summed E-state index contributed by atoms with van der Waals surface area (Å²) in [7, 11) is 0. The molecule has 0 amide bonds. The second-order valence-corrected chi connectivity index (χ2v) is 5.84. The molecule has 2 heterocycles. The molecule has 0 atom stereocenters. The summed E-state index contributed by atoms with van der Waals surface area (Å²) in [6, 6.07) is 0. The third-order valence-corrected chi connectivity index (χ3v) is 4.28. The molecule has 1 aliphatic rings. The van der Waals surface area contributed by atoms with E-state index in [1.807, 2.05) is 6.92 Å². The lowest BCUT2D eigenvalue weighted by atomic mass is 9.80. The topological polar surface area (TPSA) is 60.2 Å². The van der Waals surface area contributed by atoms with Crippen LogP contribution in [0.3, 0.4) is 0 Å². The van der Waals surface area contributed by atoms with E-state index in [9.17, 15) is 0 Å². The van der Waals surface area contributed by atoms with Crippen LogP contribution in [0.1, 0.15) is 23.5 Å². The Morgan fingerprint density at radius 2 is 2.29 bits per heavy atom. The molecule has 3 N–H and O–H groups in total. The lowest BCUT2D eigenvalue weighted by Crippen LogP contribution is -2.44. The molecule has 0 aromatic carbocycles. The maximum atomic E-state index is 5.91. The van der Waals surface area contributed by atoms with Crippen LogP contribution in [-0.4, -0.2) is 31.3 Å². The van der Waals surface area contributed by atoms with Crippen molar-refractivity contribution in [1.82, 2.24) is 10.3 Å². The fourth-order valence-corrected chi connectivity index (χ4v) is 2.82. The van der Waals surface area contributed by atoms with Crippen molar-refractivity contribution in [3.8, 4) is 0 Å². The molecule has 96 valence electrons. The highest BCUT2D eigenvalue weighted by molar-refractivity contribution is 7.09. The minimum atomic E-state index is 0.226. The van der Waals surface area contributed by atoms with Gasteiger partial charge in [-0.05, 0) is 31.7 Å². The highest BCUT2D eigenvalue weighted by Gasteiger charge is 2.30. The Kier molecular flexibility index (Phi) is 4.50. The standard InChI is InChI=1S/C12H21N3OS/c1-10-15-11(7-17-10)6-14-9-12(8-13)2-4-16-5-3-12/h7,14H,2-6,8-9,13H2,1H3. The first kappa shape index (κ1) is 13.0. The quantitative estimate of drug-likeness (QED) is 0.832. The van der Waals surface area contributed by atoms with Gasteiger partial charge in [0.1, 0.15) is 0 Å². The van der Waals surface area contributed by atoms with Gasteiger partial charge in [0, 0.05) is 31.7 Å². The number of nitrogens with two attached hydrogens (primary N) is 1. The van der Waals surface area contributed by atoms with E-state index >= 15 is 0 Å². The predicted molar refractivity (Wildman–Crippen MR) is 70.1 cm³/mol. The maximum Gasteiger partial charge on any atom is 0.0897 e. The molecule has 0 aliphatic carbocycles. The van der Waals surface area contributed by atoms with Gasteiger partial charge in [-0.1, -0.05) is 0 Å². The Bertz CT molecular complexity index is 347. The van der Waals surface area contributed by atoms with E-state index in [4.69, 9.17) is 10.5 Å². The molecule has 1 aliphatic heterocycles. The molecule has 1 saturated heterocycles. The van der Waals surface area contributed by atoms with Gasteiger partial charge in [0.2, 0.25) is 0 Å². The zero-order chi connectivity index (χ0) is 12.1. The Hall–Kier alpha value is -0.490. The van der Waals surface area contributed by atoms with Crippen molar-refractivity contribution in [2.75, 3.05) is 26.3 Å². The van der Waals surface area contributed by atoms with E-state index < -0.39 is 0 Å². The third kappa shape index (κ3) is 3.48. The summed E-state index contributed by atoms with van der Waals surface area (Å²) < 4.78 is 5.40. The fourth-order valence-electron chi connectivity index (χ4n) is 2.20. The molecule has 0 bridgehead atoms. The average molecular weight is 255 g/mol. The van der Waals surface area contributed by atoms with Crippen molar-refractivity contribution in [2.24, 2.45) is 11.1 Å². The number of ether oxygens (including phenoxy) is 1. The zero-order valence-corrected chi connectivity index (χ0v) is 11.2. The summed E-state index contributed by atoms with van der Waals surface area (Å²) >= 11 is 1.70. The molecule has 0 saturated carbocycles. The van der Waals surface area contributed by atoms with Crippen molar-refractivity contribution >= 4 is 11.3 Å². The van der Waals surface area contributed by atoms with Gasteiger partial charge in [0.15, 0.2) is 0 Å².